The number of hydrogen-bond acceptors (Lipinski definition) is 5. The molecule has 11 aromatic carbocycles. The van der Waals surface area contributed by atoms with Crippen LogP contribution in [0.5, 0.6) is 0 Å². The van der Waals surface area contributed by atoms with E-state index in [1.807, 2.05) is 27.7 Å². The van der Waals surface area contributed by atoms with Crippen LogP contribution in [0.1, 0.15) is 96.9 Å². The molecule has 0 atom stereocenters. The molecule has 7 heteroatoms. The number of anilines is 6. The zero-order valence-corrected chi connectivity index (χ0v) is 50.9. The number of thiophene rings is 2. The highest BCUT2D eigenvalue weighted by Crippen LogP contribution is 2.55. The lowest BCUT2D eigenvalue weighted by Crippen LogP contribution is -2.61. The average Bonchev–Trinajstić information content (AvgIpc) is 1.65. The fraction of sp³-hybridized carbons (Fsp3) is 0.152. The van der Waals surface area contributed by atoms with E-state index in [9.17, 15) is 13.5 Å². The van der Waals surface area contributed by atoms with Gasteiger partial charge in [-0.1, -0.05) is 196 Å². The Morgan fingerprint density at radius 2 is 1.06 bits per heavy atom. The van der Waals surface area contributed by atoms with E-state index in [0.29, 0.717) is 33.2 Å². The molecule has 3 aromatic heterocycles. The van der Waals surface area contributed by atoms with Gasteiger partial charge in [0.1, 0.15) is 0 Å². The average molecular weight is 1150 g/mol. The maximum atomic E-state index is 10.4. The lowest BCUT2D eigenvalue weighted by atomic mass is 9.33. The van der Waals surface area contributed by atoms with Gasteiger partial charge in [0.05, 0.1) is 51.1 Å². The van der Waals surface area contributed by atoms with Crippen molar-refractivity contribution in [2.75, 3.05) is 9.80 Å². The molecule has 16 rings (SSSR count). The summed E-state index contributed by atoms with van der Waals surface area (Å²) in [6.45, 7) is 19.4. The van der Waals surface area contributed by atoms with Crippen LogP contribution in [-0.2, 0) is 16.2 Å². The Bertz CT molecular complexity index is 5720. The molecule has 414 valence electrons. The van der Waals surface area contributed by atoms with E-state index in [-0.39, 0.29) is 63.7 Å². The van der Waals surface area contributed by atoms with Crippen molar-refractivity contribution in [3.05, 3.63) is 240 Å². The zero-order valence-electron chi connectivity index (χ0n) is 58.3. The van der Waals surface area contributed by atoms with E-state index < -0.39 is 24.8 Å². The van der Waals surface area contributed by atoms with E-state index in [1.54, 1.807) is 34.8 Å². The van der Waals surface area contributed by atoms with Crippen LogP contribution in [0.25, 0.3) is 90.1 Å². The summed E-state index contributed by atoms with van der Waals surface area (Å²) < 4.78 is 91.8. The summed E-state index contributed by atoms with van der Waals surface area (Å²) in [4.78, 5) is 4.39. The van der Waals surface area contributed by atoms with Crippen molar-refractivity contribution in [1.29, 1.82) is 5.26 Å². The summed E-state index contributed by atoms with van der Waals surface area (Å²) in [5.74, 6) is 0. The maximum absolute atomic E-state index is 10.4. The largest absolute Gasteiger partial charge is 0.311 e. The van der Waals surface area contributed by atoms with Crippen LogP contribution >= 0.6 is 22.7 Å². The normalized spacial score (nSPS) is 14.8. The highest BCUT2D eigenvalue weighted by atomic mass is 32.1. The molecule has 0 amide bonds. The molecule has 0 unspecified atom stereocenters. The van der Waals surface area contributed by atoms with Crippen LogP contribution in [0, 0.1) is 11.3 Å². The summed E-state index contributed by atoms with van der Waals surface area (Å²) >= 11 is 3.35. The van der Waals surface area contributed by atoms with Gasteiger partial charge in [0.25, 0.3) is 6.71 Å². The van der Waals surface area contributed by atoms with Gasteiger partial charge in [-0.2, -0.15) is 5.26 Å². The van der Waals surface area contributed by atoms with Gasteiger partial charge in [0.15, 0.2) is 0 Å². The molecule has 86 heavy (non-hydrogen) atoms. The summed E-state index contributed by atoms with van der Waals surface area (Å²) in [6, 6.07) is 56.2. The molecule has 0 spiro atoms. The monoisotopic (exact) mass is 1150 g/mol. The van der Waals surface area contributed by atoms with Crippen molar-refractivity contribution >= 4 is 142 Å². The Labute approximate surface area is 524 Å². The molecule has 14 aromatic rings. The Morgan fingerprint density at radius 3 is 1.74 bits per heavy atom. The third-order valence-electron chi connectivity index (χ3n) is 17.8. The first kappa shape index (κ1) is 43.4. The molecule has 5 heterocycles. The third-order valence-corrected chi connectivity index (χ3v) is 20.2. The first-order valence-corrected chi connectivity index (χ1v) is 31.0. The molecule has 4 nitrogen and oxygen atoms in total. The highest BCUT2D eigenvalue weighted by molar-refractivity contribution is 7.30. The fourth-order valence-electron chi connectivity index (χ4n) is 13.5. The summed E-state index contributed by atoms with van der Waals surface area (Å²) in [5.41, 5.74) is 14.7. The van der Waals surface area contributed by atoms with Gasteiger partial charge in [-0.05, 0) is 151 Å². The van der Waals surface area contributed by atoms with E-state index in [0.717, 1.165) is 118 Å². The summed E-state index contributed by atoms with van der Waals surface area (Å²) in [7, 11) is 0. The minimum absolute atomic E-state index is 0.0377. The SMILES string of the molecule is [2H]c1c([2H])c([2H])c(N2c3cc(-c4cc(C(C)(C)C)cc(C(C)(C)C)c4)cc4c3B(c3ccc(-n5c6ccc(C#N)cc6c6c([2H])c([2H])c([2H])c([2H])c65)cc3N4c3ccc(C(C)(C)C)cc3-c3ccccc3)c3c2c2sc4ccccc4c2c2c3sc3ccccc32)c([2H])c1[2H]. The fourth-order valence-corrected chi connectivity index (χ4v) is 16.1. The van der Waals surface area contributed by atoms with Crippen molar-refractivity contribution in [2.24, 2.45) is 0 Å². The number of fused-ring (bicyclic) bond motifs is 16. The Morgan fingerprint density at radius 1 is 0.442 bits per heavy atom. The predicted octanol–water partition coefficient (Wildman–Crippen LogP) is 20.7. The molecular weight excluding hydrogens is 1080 g/mol. The Balaban J connectivity index is 1.16. The zero-order chi connectivity index (χ0) is 66.5. The van der Waals surface area contributed by atoms with Crippen LogP contribution in [0.2, 0.25) is 0 Å². The maximum Gasteiger partial charge on any atom is 0.254 e. The number of aromatic nitrogens is 1. The van der Waals surface area contributed by atoms with Gasteiger partial charge in [0, 0.05) is 80.4 Å². The molecule has 2 aliphatic heterocycles. The van der Waals surface area contributed by atoms with Gasteiger partial charge >= 0.3 is 0 Å². The van der Waals surface area contributed by atoms with Crippen LogP contribution in [0.3, 0.4) is 0 Å². The Kier molecular flexibility index (Phi) is 9.55. The second-order valence-corrected chi connectivity index (χ2v) is 28.3. The van der Waals surface area contributed by atoms with E-state index in [4.69, 9.17) is 4.11 Å². The topological polar surface area (TPSA) is 35.2 Å². The van der Waals surface area contributed by atoms with Crippen LogP contribution in [-0.4, -0.2) is 11.3 Å². The van der Waals surface area contributed by atoms with E-state index in [2.05, 4.69) is 207 Å². The second-order valence-electron chi connectivity index (χ2n) is 26.2. The van der Waals surface area contributed by atoms with Gasteiger partial charge in [-0.3, -0.25) is 0 Å². The minimum atomic E-state index is -0.593. The molecule has 0 bridgehead atoms. The van der Waals surface area contributed by atoms with Gasteiger partial charge in [-0.25, -0.2) is 0 Å². The number of para-hydroxylation sites is 2. The minimum Gasteiger partial charge on any atom is -0.311 e. The number of nitriles is 1. The standard InChI is InChI=1S/C79H63BN4S2/c1-77(2,3)51-33-37-63(59(44-51)48-22-12-10-13-23-48)84-65-45-55(82-62-29-19-16-26-56(62)60-38-47(46-81)32-36-64(60)82)34-35-61(65)80-72-66(41-50(42-67(72)84)49-39-52(78(4,5)6)43-53(40-49)79(7,8)9)83(54-24-14-11-15-25-54)74-73(80)75-70(57-27-17-20-30-68(57)85-75)71-58-28-18-21-31-69(58)86-76(71)74/h10-45H,1-9H3/i11D,14D,15D,16D,19D,24D,25D,26D,29D. The molecule has 0 saturated heterocycles. The predicted molar refractivity (Wildman–Crippen MR) is 372 cm³/mol. The lowest BCUT2D eigenvalue weighted by molar-refractivity contribution is 0.569. The van der Waals surface area contributed by atoms with Crippen molar-refractivity contribution in [3.63, 3.8) is 0 Å². The molecule has 0 fully saturated rings. The molecule has 0 aliphatic carbocycles. The first-order chi connectivity index (χ1) is 45.2. The van der Waals surface area contributed by atoms with Crippen molar-refractivity contribution in [3.8, 4) is 34.0 Å². The number of rotatable bonds is 5. The molecule has 0 saturated carbocycles. The molecular formula is C79H63BN4S2. The van der Waals surface area contributed by atoms with Crippen LogP contribution < -0.4 is 26.2 Å². The van der Waals surface area contributed by atoms with Gasteiger partial charge in [-0.15, -0.1) is 22.7 Å². The number of nitrogens with zero attached hydrogens (tertiary/aromatic N) is 4. The quantitative estimate of drug-likeness (QED) is 0.161. The summed E-state index contributed by atoms with van der Waals surface area (Å²) in [5, 5.41) is 15.4. The first-order valence-electron chi connectivity index (χ1n) is 33.8. The lowest BCUT2D eigenvalue weighted by Gasteiger charge is -2.45. The van der Waals surface area contributed by atoms with Gasteiger partial charge in [0.2, 0.25) is 0 Å². The van der Waals surface area contributed by atoms with Crippen molar-refractivity contribution < 1.29 is 12.3 Å². The van der Waals surface area contributed by atoms with Gasteiger partial charge < -0.3 is 14.4 Å². The van der Waals surface area contributed by atoms with Crippen molar-refractivity contribution in [1.82, 2.24) is 4.57 Å². The second kappa shape index (κ2) is 18.9. The third kappa shape index (κ3) is 7.92. The number of hydrogen-bond donors (Lipinski definition) is 0. The molecule has 2 aliphatic rings. The molecule has 0 N–H and O–H groups in total. The number of benzene rings is 11. The molecule has 0 radical (unpaired) electrons. The highest BCUT2D eigenvalue weighted by Gasteiger charge is 2.47. The smallest absolute Gasteiger partial charge is 0.254 e. The van der Waals surface area contributed by atoms with Crippen LogP contribution in [0.4, 0.5) is 34.1 Å². The van der Waals surface area contributed by atoms with E-state index >= 15 is 0 Å². The summed E-state index contributed by atoms with van der Waals surface area (Å²) in [6.07, 6.45) is 0. The van der Waals surface area contributed by atoms with E-state index in [1.165, 1.54) is 0 Å². The van der Waals surface area contributed by atoms with Crippen molar-refractivity contribution in [2.45, 2.75) is 78.6 Å². The Hall–Kier alpha value is -9.19. The van der Waals surface area contributed by atoms with Crippen LogP contribution in [0.15, 0.2) is 218 Å².